The van der Waals surface area contributed by atoms with Crippen molar-refractivity contribution in [3.05, 3.63) is 0 Å². The summed E-state index contributed by atoms with van der Waals surface area (Å²) in [5.74, 6) is 0.430. The van der Waals surface area contributed by atoms with Crippen molar-refractivity contribution < 1.29 is 9.35 Å². The molecule has 3 aliphatic rings. The second kappa shape index (κ2) is 4.53. The van der Waals surface area contributed by atoms with E-state index in [1.807, 2.05) is 32.7 Å². The van der Waals surface area contributed by atoms with Gasteiger partial charge >= 0.3 is 0 Å². The number of hydrogen-bond acceptors (Lipinski definition) is 3. The van der Waals surface area contributed by atoms with E-state index < -0.39 is 11.4 Å². The molecule has 0 spiro atoms. The quantitative estimate of drug-likeness (QED) is 0.568. The summed E-state index contributed by atoms with van der Waals surface area (Å²) in [6, 6.07) is 0. The van der Waals surface area contributed by atoms with Crippen molar-refractivity contribution in [2.24, 2.45) is 10.3 Å². The molecule has 2 saturated heterocycles. The lowest BCUT2D eigenvalue weighted by Crippen LogP contribution is -2.60. The minimum Gasteiger partial charge on any atom is -0.591 e. The predicted octanol–water partition coefficient (Wildman–Crippen LogP) is 1.92. The van der Waals surface area contributed by atoms with E-state index in [-0.39, 0.29) is 22.1 Å². The summed E-state index contributed by atoms with van der Waals surface area (Å²) in [7, 11) is 1.85. The molecule has 0 aromatic rings. The highest BCUT2D eigenvalue weighted by atomic mass is 32.2. The van der Waals surface area contributed by atoms with E-state index in [0.29, 0.717) is 0 Å². The average Bonchev–Trinajstić information content (AvgIpc) is 2.32. The molecular weight excluding hydrogens is 248 g/mol. The summed E-state index contributed by atoms with van der Waals surface area (Å²) in [5, 5.41) is 0. The lowest BCUT2D eigenvalue weighted by atomic mass is 9.71. The van der Waals surface area contributed by atoms with Crippen LogP contribution in [0.3, 0.4) is 0 Å². The van der Waals surface area contributed by atoms with Gasteiger partial charge in [0.1, 0.15) is 16.1 Å². The van der Waals surface area contributed by atoms with Crippen LogP contribution in [0, 0.1) is 5.92 Å². The fourth-order valence-electron chi connectivity index (χ4n) is 2.71. The summed E-state index contributed by atoms with van der Waals surface area (Å²) in [4.78, 5) is 13.8. The van der Waals surface area contributed by atoms with E-state index in [9.17, 15) is 9.35 Å². The van der Waals surface area contributed by atoms with E-state index in [4.69, 9.17) is 0 Å². The van der Waals surface area contributed by atoms with Gasteiger partial charge in [-0.15, -0.1) is 0 Å². The number of nitrogens with zero attached hydrogens (tertiary/aromatic N) is 2. The Morgan fingerprint density at radius 2 is 2.00 bits per heavy atom. The molecule has 2 heterocycles. The number of rotatable bonds is 2. The molecule has 1 saturated carbocycles. The van der Waals surface area contributed by atoms with Crippen LogP contribution in [-0.4, -0.2) is 38.9 Å². The Morgan fingerprint density at radius 3 is 2.50 bits per heavy atom. The number of hydrogen-bond donors (Lipinski definition) is 0. The van der Waals surface area contributed by atoms with E-state index >= 15 is 0 Å². The van der Waals surface area contributed by atoms with Gasteiger partial charge in [0.25, 0.3) is 0 Å². The molecule has 1 amide bonds. The molecule has 3 rings (SSSR count). The molecule has 1 atom stereocenters. The van der Waals surface area contributed by atoms with Crippen LogP contribution in [0.25, 0.3) is 0 Å². The zero-order chi connectivity index (χ0) is 13.6. The summed E-state index contributed by atoms with van der Waals surface area (Å²) < 4.78 is 15.9. The van der Waals surface area contributed by atoms with Crippen LogP contribution in [0.1, 0.15) is 46.5 Å². The number of amides is 1. The van der Waals surface area contributed by atoms with Crippen molar-refractivity contribution in [2.75, 3.05) is 7.05 Å². The third-order valence-corrected chi connectivity index (χ3v) is 5.46. The Bertz CT molecular complexity index is 368. The van der Waals surface area contributed by atoms with Gasteiger partial charge in [-0.05, 0) is 46.5 Å². The SMILES string of the molecule is CN1C(=O)C2CCC1(/C=N/[S+]([O-])C(C)(C)C)CC2. The standard InChI is InChI=1S/C13H22N2O2S/c1-12(2,3)18(17)14-9-13-7-5-10(6-8-13)11(16)15(13)4/h9-10H,5-8H2,1-4H3/b14-9+. The molecule has 1 aliphatic carbocycles. The van der Waals surface area contributed by atoms with E-state index in [1.54, 1.807) is 6.21 Å². The first-order chi connectivity index (χ1) is 8.26. The number of piperidine rings is 2. The molecule has 0 aromatic heterocycles. The predicted molar refractivity (Wildman–Crippen MR) is 73.8 cm³/mol. The molecule has 0 radical (unpaired) electrons. The Hall–Kier alpha value is -0.550. The molecule has 1 unspecified atom stereocenters. The first-order valence-electron chi connectivity index (χ1n) is 6.51. The molecule has 3 fully saturated rings. The van der Waals surface area contributed by atoms with E-state index in [2.05, 4.69) is 4.40 Å². The minimum atomic E-state index is -1.24. The molecule has 0 N–H and O–H groups in total. The molecule has 2 aliphatic heterocycles. The number of fused-ring (bicyclic) bond motifs is 3. The second-order valence-electron chi connectivity index (χ2n) is 6.37. The van der Waals surface area contributed by atoms with Crippen LogP contribution in [0.15, 0.2) is 4.40 Å². The lowest BCUT2D eigenvalue weighted by Gasteiger charge is -2.50. The fraction of sp³-hybridized carbons (Fsp3) is 0.846. The van der Waals surface area contributed by atoms with Crippen molar-refractivity contribution in [1.29, 1.82) is 0 Å². The molecule has 0 aromatic carbocycles. The van der Waals surface area contributed by atoms with Crippen molar-refractivity contribution in [2.45, 2.75) is 56.7 Å². The zero-order valence-corrected chi connectivity index (χ0v) is 12.4. The van der Waals surface area contributed by atoms with Crippen molar-refractivity contribution in [3.8, 4) is 0 Å². The molecular formula is C13H22N2O2S. The Balaban J connectivity index is 2.16. The van der Waals surface area contributed by atoms with Gasteiger partial charge in [-0.25, -0.2) is 0 Å². The highest BCUT2D eigenvalue weighted by Gasteiger charge is 2.49. The van der Waals surface area contributed by atoms with Gasteiger partial charge in [-0.1, -0.05) is 4.40 Å². The minimum absolute atomic E-state index is 0.207. The molecule has 18 heavy (non-hydrogen) atoms. The first-order valence-corrected chi connectivity index (χ1v) is 7.62. The first kappa shape index (κ1) is 13.9. The maximum atomic E-state index is 12.0. The lowest BCUT2D eigenvalue weighted by molar-refractivity contribution is -0.147. The highest BCUT2D eigenvalue weighted by molar-refractivity contribution is 7.91. The summed E-state index contributed by atoms with van der Waals surface area (Å²) in [6.07, 6.45) is 5.56. The normalized spacial score (nSPS) is 34.4. The van der Waals surface area contributed by atoms with Crippen LogP contribution >= 0.6 is 0 Å². The van der Waals surface area contributed by atoms with Crippen LogP contribution in [0.4, 0.5) is 0 Å². The molecule has 5 heteroatoms. The monoisotopic (exact) mass is 270 g/mol. The zero-order valence-electron chi connectivity index (χ0n) is 11.6. The van der Waals surface area contributed by atoms with Crippen molar-refractivity contribution >= 4 is 23.5 Å². The van der Waals surface area contributed by atoms with E-state index in [1.165, 1.54) is 0 Å². The highest BCUT2D eigenvalue weighted by Crippen LogP contribution is 2.42. The average molecular weight is 270 g/mol. The largest absolute Gasteiger partial charge is 0.591 e. The van der Waals surface area contributed by atoms with Gasteiger partial charge in [0.2, 0.25) is 5.91 Å². The smallest absolute Gasteiger partial charge is 0.226 e. The van der Waals surface area contributed by atoms with Crippen molar-refractivity contribution in [3.63, 3.8) is 0 Å². The number of carbonyl (C=O) groups is 1. The van der Waals surface area contributed by atoms with Gasteiger partial charge in [0.05, 0.1) is 11.8 Å². The van der Waals surface area contributed by atoms with Gasteiger partial charge in [-0.3, -0.25) is 4.79 Å². The Morgan fingerprint density at radius 1 is 1.44 bits per heavy atom. The van der Waals surface area contributed by atoms with Gasteiger partial charge in [0.15, 0.2) is 0 Å². The second-order valence-corrected chi connectivity index (χ2v) is 8.31. The van der Waals surface area contributed by atoms with Crippen LogP contribution in [-0.2, 0) is 16.2 Å². The third-order valence-electron chi connectivity index (χ3n) is 4.11. The van der Waals surface area contributed by atoms with Crippen LogP contribution in [0.2, 0.25) is 0 Å². The van der Waals surface area contributed by atoms with Crippen LogP contribution < -0.4 is 0 Å². The van der Waals surface area contributed by atoms with Gasteiger partial charge in [-0.2, -0.15) is 0 Å². The van der Waals surface area contributed by atoms with Gasteiger partial charge in [0, 0.05) is 13.0 Å². The molecule has 2 bridgehead atoms. The number of carbonyl (C=O) groups excluding carboxylic acids is 1. The topological polar surface area (TPSA) is 55.7 Å². The molecule has 102 valence electrons. The molecule has 4 nitrogen and oxygen atoms in total. The van der Waals surface area contributed by atoms with Gasteiger partial charge < -0.3 is 9.45 Å². The summed E-state index contributed by atoms with van der Waals surface area (Å²) >= 11 is -1.24. The van der Waals surface area contributed by atoms with Crippen molar-refractivity contribution in [1.82, 2.24) is 4.90 Å². The maximum absolute atomic E-state index is 12.0. The Kier molecular flexibility index (Phi) is 3.49. The fourth-order valence-corrected chi connectivity index (χ4v) is 3.32. The maximum Gasteiger partial charge on any atom is 0.226 e. The van der Waals surface area contributed by atoms with E-state index in [0.717, 1.165) is 25.7 Å². The Labute approximate surface area is 112 Å². The van der Waals surface area contributed by atoms with Crippen LogP contribution in [0.5, 0.6) is 0 Å². The summed E-state index contributed by atoms with van der Waals surface area (Å²) in [6.45, 7) is 5.72. The summed E-state index contributed by atoms with van der Waals surface area (Å²) in [5.41, 5.74) is -0.285. The third kappa shape index (κ3) is 2.30.